The molecule has 0 atom stereocenters. The van der Waals surface area contributed by atoms with Crippen molar-refractivity contribution in [3.8, 4) is 17.6 Å². The fourth-order valence-electron chi connectivity index (χ4n) is 1.85. The highest BCUT2D eigenvalue weighted by Crippen LogP contribution is 2.15. The number of ether oxygens (including phenoxy) is 2. The van der Waals surface area contributed by atoms with Crippen LogP contribution in [0.5, 0.6) is 11.5 Å². The Morgan fingerprint density at radius 3 is 2.67 bits per heavy atom. The van der Waals surface area contributed by atoms with E-state index in [1.54, 1.807) is 24.3 Å². The molecule has 6 heteroatoms. The maximum Gasteiger partial charge on any atom is 0.277 e. The molecule has 0 saturated carbocycles. The lowest BCUT2D eigenvalue weighted by Crippen LogP contribution is -2.24. The molecule has 0 spiro atoms. The summed E-state index contributed by atoms with van der Waals surface area (Å²) in [5.74, 6) is 0.825. The number of nitrogens with zero attached hydrogens (tertiary/aromatic N) is 2. The van der Waals surface area contributed by atoms with E-state index in [4.69, 9.17) is 14.7 Å². The van der Waals surface area contributed by atoms with Gasteiger partial charge in [0.15, 0.2) is 6.61 Å². The SMILES string of the molecule is CCOc1ccccc1/C=N\NC(=O)COc1ccc(C#N)cc1. The molecule has 0 bridgehead atoms. The van der Waals surface area contributed by atoms with Crippen molar-refractivity contribution in [1.29, 1.82) is 5.26 Å². The molecular weight excluding hydrogens is 306 g/mol. The zero-order valence-electron chi connectivity index (χ0n) is 13.2. The largest absolute Gasteiger partial charge is 0.493 e. The van der Waals surface area contributed by atoms with Gasteiger partial charge in [0.05, 0.1) is 24.5 Å². The van der Waals surface area contributed by atoms with Crippen molar-refractivity contribution >= 4 is 12.1 Å². The predicted molar refractivity (Wildman–Crippen MR) is 90.0 cm³/mol. The third-order valence-corrected chi connectivity index (χ3v) is 2.97. The average Bonchev–Trinajstić information content (AvgIpc) is 2.62. The van der Waals surface area contributed by atoms with Crippen LogP contribution in [0.2, 0.25) is 0 Å². The lowest BCUT2D eigenvalue weighted by Gasteiger charge is -2.06. The number of hydrazone groups is 1. The van der Waals surface area contributed by atoms with Gasteiger partial charge in [-0.1, -0.05) is 12.1 Å². The summed E-state index contributed by atoms with van der Waals surface area (Å²) in [6.07, 6.45) is 1.52. The van der Waals surface area contributed by atoms with Gasteiger partial charge in [0, 0.05) is 5.56 Å². The Kier molecular flexibility index (Phi) is 6.35. The summed E-state index contributed by atoms with van der Waals surface area (Å²) in [5, 5.41) is 12.6. The van der Waals surface area contributed by atoms with Gasteiger partial charge >= 0.3 is 0 Å². The van der Waals surface area contributed by atoms with Gasteiger partial charge < -0.3 is 9.47 Å². The van der Waals surface area contributed by atoms with Crippen molar-refractivity contribution < 1.29 is 14.3 Å². The molecule has 0 aliphatic heterocycles. The molecule has 0 aromatic heterocycles. The topological polar surface area (TPSA) is 83.7 Å². The number of amides is 1. The molecule has 2 aromatic rings. The number of benzene rings is 2. The zero-order valence-corrected chi connectivity index (χ0v) is 13.2. The average molecular weight is 323 g/mol. The third-order valence-electron chi connectivity index (χ3n) is 2.97. The monoisotopic (exact) mass is 323 g/mol. The standard InChI is InChI=1S/C18H17N3O3/c1-2-23-17-6-4-3-5-15(17)12-20-21-18(22)13-24-16-9-7-14(11-19)8-10-16/h3-10,12H,2,13H2,1H3,(H,21,22)/b20-12-. The van der Waals surface area contributed by atoms with Crippen molar-refractivity contribution in [3.05, 3.63) is 59.7 Å². The molecule has 0 aliphatic carbocycles. The van der Waals surface area contributed by atoms with E-state index in [0.717, 1.165) is 5.56 Å². The van der Waals surface area contributed by atoms with E-state index in [-0.39, 0.29) is 12.5 Å². The molecule has 2 rings (SSSR count). The van der Waals surface area contributed by atoms with E-state index in [0.29, 0.717) is 23.7 Å². The van der Waals surface area contributed by atoms with Gasteiger partial charge in [-0.15, -0.1) is 0 Å². The highest BCUT2D eigenvalue weighted by atomic mass is 16.5. The van der Waals surface area contributed by atoms with Crippen LogP contribution in [0.15, 0.2) is 53.6 Å². The number of hydrogen-bond acceptors (Lipinski definition) is 5. The maximum absolute atomic E-state index is 11.7. The van der Waals surface area contributed by atoms with Crippen molar-refractivity contribution in [2.45, 2.75) is 6.92 Å². The molecule has 0 radical (unpaired) electrons. The van der Waals surface area contributed by atoms with Crippen LogP contribution < -0.4 is 14.9 Å². The van der Waals surface area contributed by atoms with Crippen molar-refractivity contribution in [1.82, 2.24) is 5.43 Å². The first kappa shape index (κ1) is 17.0. The number of rotatable bonds is 7. The summed E-state index contributed by atoms with van der Waals surface area (Å²) in [4.78, 5) is 11.7. The van der Waals surface area contributed by atoms with E-state index < -0.39 is 0 Å². The highest BCUT2D eigenvalue weighted by molar-refractivity contribution is 5.85. The van der Waals surface area contributed by atoms with E-state index in [2.05, 4.69) is 10.5 Å². The van der Waals surface area contributed by atoms with E-state index in [9.17, 15) is 4.79 Å². The highest BCUT2D eigenvalue weighted by Gasteiger charge is 2.02. The van der Waals surface area contributed by atoms with Gasteiger partial charge in [0.1, 0.15) is 11.5 Å². The molecule has 122 valence electrons. The molecule has 0 unspecified atom stereocenters. The minimum absolute atomic E-state index is 0.170. The summed E-state index contributed by atoms with van der Waals surface area (Å²) < 4.78 is 10.8. The first-order valence-electron chi connectivity index (χ1n) is 7.39. The minimum atomic E-state index is -0.385. The molecule has 1 N–H and O–H groups in total. The summed E-state index contributed by atoms with van der Waals surface area (Å²) in [7, 11) is 0. The van der Waals surface area contributed by atoms with Crippen LogP contribution in [0.1, 0.15) is 18.1 Å². The lowest BCUT2D eigenvalue weighted by molar-refractivity contribution is -0.123. The van der Waals surface area contributed by atoms with Crippen LogP contribution in [0.25, 0.3) is 0 Å². The second kappa shape index (κ2) is 8.96. The Balaban J connectivity index is 1.83. The smallest absolute Gasteiger partial charge is 0.277 e. The first-order valence-corrected chi connectivity index (χ1v) is 7.39. The van der Waals surface area contributed by atoms with Gasteiger partial charge in [0.25, 0.3) is 5.91 Å². The Hall–Kier alpha value is -3.33. The normalized spacial score (nSPS) is 10.2. The summed E-state index contributed by atoms with van der Waals surface area (Å²) in [6.45, 7) is 2.28. The fraction of sp³-hybridized carbons (Fsp3) is 0.167. The number of para-hydroxylation sites is 1. The van der Waals surface area contributed by atoms with E-state index in [1.807, 2.05) is 37.3 Å². The van der Waals surface area contributed by atoms with Gasteiger partial charge in [-0.2, -0.15) is 10.4 Å². The quantitative estimate of drug-likeness (QED) is 0.627. The number of carbonyl (C=O) groups is 1. The van der Waals surface area contributed by atoms with E-state index in [1.165, 1.54) is 6.21 Å². The molecule has 0 heterocycles. The molecule has 2 aromatic carbocycles. The Labute approximate surface area is 140 Å². The molecule has 24 heavy (non-hydrogen) atoms. The molecule has 0 fully saturated rings. The number of carbonyl (C=O) groups excluding carboxylic acids is 1. The molecule has 0 saturated heterocycles. The predicted octanol–water partition coefficient (Wildman–Crippen LogP) is 2.49. The van der Waals surface area contributed by atoms with Crippen molar-refractivity contribution in [2.24, 2.45) is 5.10 Å². The van der Waals surface area contributed by atoms with Crippen LogP contribution in [-0.4, -0.2) is 25.3 Å². The van der Waals surface area contributed by atoms with Crippen LogP contribution >= 0.6 is 0 Å². The van der Waals surface area contributed by atoms with Gasteiger partial charge in [0.2, 0.25) is 0 Å². The Morgan fingerprint density at radius 1 is 1.21 bits per heavy atom. The Bertz CT molecular complexity index is 749. The molecule has 6 nitrogen and oxygen atoms in total. The van der Waals surface area contributed by atoms with Crippen molar-refractivity contribution in [3.63, 3.8) is 0 Å². The number of nitrogens with one attached hydrogen (secondary N) is 1. The number of nitriles is 1. The van der Waals surface area contributed by atoms with Gasteiger partial charge in [-0.3, -0.25) is 4.79 Å². The van der Waals surface area contributed by atoms with Crippen LogP contribution in [0.3, 0.4) is 0 Å². The van der Waals surface area contributed by atoms with Crippen LogP contribution in [0.4, 0.5) is 0 Å². The number of hydrogen-bond donors (Lipinski definition) is 1. The molecule has 1 amide bonds. The first-order chi connectivity index (χ1) is 11.7. The summed E-state index contributed by atoms with van der Waals surface area (Å²) >= 11 is 0. The summed E-state index contributed by atoms with van der Waals surface area (Å²) in [5.41, 5.74) is 3.69. The maximum atomic E-state index is 11.7. The van der Waals surface area contributed by atoms with Gasteiger partial charge in [-0.25, -0.2) is 5.43 Å². The molecule has 0 aliphatic rings. The van der Waals surface area contributed by atoms with Crippen LogP contribution in [0, 0.1) is 11.3 Å². The molecular formula is C18H17N3O3. The Morgan fingerprint density at radius 2 is 1.96 bits per heavy atom. The second-order valence-corrected chi connectivity index (χ2v) is 4.69. The third kappa shape index (κ3) is 5.14. The zero-order chi connectivity index (χ0) is 17.2. The fourth-order valence-corrected chi connectivity index (χ4v) is 1.85. The van der Waals surface area contributed by atoms with Gasteiger partial charge in [-0.05, 0) is 43.3 Å². The van der Waals surface area contributed by atoms with Crippen LogP contribution in [-0.2, 0) is 4.79 Å². The second-order valence-electron chi connectivity index (χ2n) is 4.69. The minimum Gasteiger partial charge on any atom is -0.493 e. The summed E-state index contributed by atoms with van der Waals surface area (Å²) in [6, 6.07) is 15.9. The van der Waals surface area contributed by atoms with Crippen molar-refractivity contribution in [2.75, 3.05) is 13.2 Å². The lowest BCUT2D eigenvalue weighted by atomic mass is 10.2. The van der Waals surface area contributed by atoms with E-state index >= 15 is 0 Å².